The fourth-order valence-corrected chi connectivity index (χ4v) is 4.86. The van der Waals surface area contributed by atoms with Crippen molar-refractivity contribution in [3.8, 4) is 0 Å². The van der Waals surface area contributed by atoms with Gasteiger partial charge in [-0.05, 0) is 31.9 Å². The van der Waals surface area contributed by atoms with E-state index in [4.69, 9.17) is 4.98 Å². The number of likely N-dealkylation sites (tertiary alicyclic amines) is 1. The Morgan fingerprint density at radius 3 is 2.56 bits per heavy atom. The quantitative estimate of drug-likeness (QED) is 0.842. The maximum Gasteiger partial charge on any atom is 0.239 e. The predicted molar refractivity (Wildman–Crippen MR) is 102 cm³/mol. The van der Waals surface area contributed by atoms with Crippen LogP contribution in [0.25, 0.3) is 10.2 Å². The van der Waals surface area contributed by atoms with Crippen molar-refractivity contribution < 1.29 is 4.79 Å². The van der Waals surface area contributed by atoms with Gasteiger partial charge in [0.15, 0.2) is 0 Å². The van der Waals surface area contributed by atoms with Crippen LogP contribution in [0.5, 0.6) is 0 Å². The predicted octanol–water partition coefficient (Wildman–Crippen LogP) is 2.42. The first-order valence-corrected chi connectivity index (χ1v) is 10.1. The molecule has 0 N–H and O–H groups in total. The highest BCUT2D eigenvalue weighted by Crippen LogP contribution is 2.23. The number of nitrogens with zero attached hydrogens (tertiary/aromatic N) is 4. The highest BCUT2D eigenvalue weighted by molar-refractivity contribution is 7.18. The number of rotatable bonds is 4. The Bertz CT molecular complexity index is 699. The molecule has 1 atom stereocenters. The second-order valence-corrected chi connectivity index (χ2v) is 8.21. The third-order valence-corrected chi connectivity index (χ3v) is 6.45. The number of carbonyl (C=O) groups is 1. The smallest absolute Gasteiger partial charge is 0.239 e. The molecule has 0 aliphatic carbocycles. The normalized spacial score (nSPS) is 21.1. The third kappa shape index (κ3) is 3.71. The Kier molecular flexibility index (Phi) is 5.01. The van der Waals surface area contributed by atoms with E-state index in [0.717, 1.165) is 64.2 Å². The summed E-state index contributed by atoms with van der Waals surface area (Å²) in [4.78, 5) is 24.2. The van der Waals surface area contributed by atoms with Crippen molar-refractivity contribution in [2.75, 3.05) is 39.3 Å². The number of carbonyl (C=O) groups excluding carboxylic acids is 1. The standard InChI is InChI=1S/C19H26N4OS/c1-15(19(24)23-8-4-5-9-23)22-12-10-21(11-13-22)14-18-20-16-6-2-3-7-17(16)25-18/h2-3,6-7,15H,4-5,8-14H2,1H3/t15-/m0/s1. The van der Waals surface area contributed by atoms with E-state index in [1.165, 1.54) is 9.71 Å². The van der Waals surface area contributed by atoms with Crippen LogP contribution in [0.4, 0.5) is 0 Å². The Labute approximate surface area is 153 Å². The lowest BCUT2D eigenvalue weighted by atomic mass is 10.2. The van der Waals surface area contributed by atoms with Crippen molar-refractivity contribution in [3.05, 3.63) is 29.3 Å². The molecule has 3 heterocycles. The van der Waals surface area contributed by atoms with Crippen LogP contribution in [0.15, 0.2) is 24.3 Å². The van der Waals surface area contributed by atoms with Gasteiger partial charge in [-0.25, -0.2) is 4.98 Å². The van der Waals surface area contributed by atoms with Gasteiger partial charge in [-0.1, -0.05) is 12.1 Å². The third-order valence-electron chi connectivity index (χ3n) is 5.43. The number of thiazole rings is 1. The molecule has 0 radical (unpaired) electrons. The molecule has 2 aliphatic rings. The molecule has 0 unspecified atom stereocenters. The second-order valence-electron chi connectivity index (χ2n) is 7.10. The Morgan fingerprint density at radius 1 is 1.12 bits per heavy atom. The SMILES string of the molecule is C[C@@H](C(=O)N1CCCC1)N1CCN(Cc2nc3ccccc3s2)CC1. The molecule has 134 valence electrons. The summed E-state index contributed by atoms with van der Waals surface area (Å²) < 4.78 is 1.26. The van der Waals surface area contributed by atoms with Crippen LogP contribution >= 0.6 is 11.3 Å². The molecule has 0 bridgehead atoms. The summed E-state index contributed by atoms with van der Waals surface area (Å²) in [6.45, 7) is 8.82. The first kappa shape index (κ1) is 16.9. The van der Waals surface area contributed by atoms with Gasteiger partial charge in [0.2, 0.25) is 5.91 Å². The Balaban J connectivity index is 1.31. The summed E-state index contributed by atoms with van der Waals surface area (Å²) in [7, 11) is 0. The average Bonchev–Trinajstić information content (AvgIpc) is 3.30. The van der Waals surface area contributed by atoms with Crippen molar-refractivity contribution in [1.82, 2.24) is 19.7 Å². The van der Waals surface area contributed by atoms with Gasteiger partial charge in [-0.15, -0.1) is 11.3 Å². The largest absolute Gasteiger partial charge is 0.341 e. The van der Waals surface area contributed by atoms with Crippen molar-refractivity contribution in [1.29, 1.82) is 0 Å². The van der Waals surface area contributed by atoms with Gasteiger partial charge in [-0.3, -0.25) is 14.6 Å². The highest BCUT2D eigenvalue weighted by Gasteiger charge is 2.29. The molecule has 2 aromatic rings. The van der Waals surface area contributed by atoms with Gasteiger partial charge in [-0.2, -0.15) is 0 Å². The molecule has 2 saturated heterocycles. The zero-order valence-electron chi connectivity index (χ0n) is 14.9. The van der Waals surface area contributed by atoms with Gasteiger partial charge < -0.3 is 4.90 Å². The molecule has 4 rings (SSSR count). The van der Waals surface area contributed by atoms with Crippen molar-refractivity contribution in [2.24, 2.45) is 0 Å². The van der Waals surface area contributed by atoms with E-state index in [2.05, 4.69) is 34.9 Å². The minimum Gasteiger partial charge on any atom is -0.341 e. The molecule has 1 aromatic heterocycles. The number of aromatic nitrogens is 1. The lowest BCUT2D eigenvalue weighted by Gasteiger charge is -2.38. The molecule has 5 nitrogen and oxygen atoms in total. The van der Waals surface area contributed by atoms with E-state index >= 15 is 0 Å². The summed E-state index contributed by atoms with van der Waals surface area (Å²) in [5, 5.41) is 1.19. The lowest BCUT2D eigenvalue weighted by Crippen LogP contribution is -2.54. The van der Waals surface area contributed by atoms with Crippen LogP contribution < -0.4 is 0 Å². The summed E-state index contributed by atoms with van der Waals surface area (Å²) in [5.74, 6) is 0.317. The number of amides is 1. The number of piperazine rings is 1. The minimum absolute atomic E-state index is 0.0164. The number of para-hydroxylation sites is 1. The van der Waals surface area contributed by atoms with E-state index in [1.807, 2.05) is 11.0 Å². The number of hydrogen-bond acceptors (Lipinski definition) is 5. The van der Waals surface area contributed by atoms with Crippen LogP contribution in [-0.2, 0) is 11.3 Å². The van der Waals surface area contributed by atoms with Crippen molar-refractivity contribution in [2.45, 2.75) is 32.4 Å². The van der Waals surface area contributed by atoms with Crippen molar-refractivity contribution >= 4 is 27.5 Å². The second kappa shape index (κ2) is 7.40. The molecular weight excluding hydrogens is 332 g/mol. The summed E-state index contributed by atoms with van der Waals surface area (Å²) in [6.07, 6.45) is 2.32. The number of fused-ring (bicyclic) bond motifs is 1. The highest BCUT2D eigenvalue weighted by atomic mass is 32.1. The van der Waals surface area contributed by atoms with Crippen LogP contribution in [0, 0.1) is 0 Å². The molecule has 2 fully saturated rings. The topological polar surface area (TPSA) is 39.7 Å². The molecule has 2 aliphatic heterocycles. The van der Waals surface area contributed by atoms with E-state index in [1.54, 1.807) is 11.3 Å². The van der Waals surface area contributed by atoms with Crippen molar-refractivity contribution in [3.63, 3.8) is 0 Å². The molecule has 0 saturated carbocycles. The van der Waals surface area contributed by atoms with Gasteiger partial charge in [0.25, 0.3) is 0 Å². The zero-order chi connectivity index (χ0) is 17.2. The average molecular weight is 359 g/mol. The monoisotopic (exact) mass is 358 g/mol. The van der Waals surface area contributed by atoms with Gasteiger partial charge in [0, 0.05) is 39.3 Å². The molecular formula is C19H26N4OS. The fourth-order valence-electron chi connectivity index (χ4n) is 3.85. The van der Waals surface area contributed by atoms with E-state index < -0.39 is 0 Å². The van der Waals surface area contributed by atoms with E-state index in [-0.39, 0.29) is 6.04 Å². The summed E-state index contributed by atoms with van der Waals surface area (Å²) in [6, 6.07) is 8.35. The minimum atomic E-state index is 0.0164. The molecule has 1 amide bonds. The molecule has 6 heteroatoms. The van der Waals surface area contributed by atoms with Crippen LogP contribution in [0.2, 0.25) is 0 Å². The van der Waals surface area contributed by atoms with E-state index in [9.17, 15) is 4.79 Å². The molecule has 25 heavy (non-hydrogen) atoms. The van der Waals surface area contributed by atoms with Crippen LogP contribution in [0.3, 0.4) is 0 Å². The zero-order valence-corrected chi connectivity index (χ0v) is 15.7. The number of benzene rings is 1. The molecule has 1 aromatic carbocycles. The first-order valence-electron chi connectivity index (χ1n) is 9.30. The Morgan fingerprint density at radius 2 is 1.84 bits per heavy atom. The summed E-state index contributed by atoms with van der Waals surface area (Å²) in [5.41, 5.74) is 1.10. The molecule has 0 spiro atoms. The van der Waals surface area contributed by atoms with Crippen LogP contribution in [-0.4, -0.2) is 70.9 Å². The van der Waals surface area contributed by atoms with E-state index in [0.29, 0.717) is 5.91 Å². The maximum absolute atomic E-state index is 12.6. The fraction of sp³-hybridized carbons (Fsp3) is 0.579. The summed E-state index contributed by atoms with van der Waals surface area (Å²) >= 11 is 1.79. The maximum atomic E-state index is 12.6. The number of hydrogen-bond donors (Lipinski definition) is 0. The first-order chi connectivity index (χ1) is 12.2. The Hall–Kier alpha value is -1.50. The van der Waals surface area contributed by atoms with Gasteiger partial charge in [0.1, 0.15) is 5.01 Å². The van der Waals surface area contributed by atoms with Crippen LogP contribution in [0.1, 0.15) is 24.8 Å². The van der Waals surface area contributed by atoms with Gasteiger partial charge >= 0.3 is 0 Å². The lowest BCUT2D eigenvalue weighted by molar-refractivity contribution is -0.136. The van der Waals surface area contributed by atoms with Gasteiger partial charge in [0.05, 0.1) is 22.8 Å².